The molecule has 1 aromatic heterocycles. The maximum Gasteiger partial charge on any atom is 0.242 e. The molecular formula is C18H31N3O4S2. The molecule has 0 spiro atoms. The lowest BCUT2D eigenvalue weighted by atomic mass is 10.0. The summed E-state index contributed by atoms with van der Waals surface area (Å²) in [4.78, 5) is 11.8. The third-order valence-corrected chi connectivity index (χ3v) is 7.21. The van der Waals surface area contributed by atoms with E-state index in [1.165, 1.54) is 29.9 Å². The van der Waals surface area contributed by atoms with Crippen molar-refractivity contribution in [2.24, 2.45) is 5.92 Å². The van der Waals surface area contributed by atoms with Crippen LogP contribution in [0, 0.1) is 5.92 Å². The lowest BCUT2D eigenvalue weighted by Gasteiger charge is -2.16. The van der Waals surface area contributed by atoms with Crippen LogP contribution in [0.4, 0.5) is 0 Å². The van der Waals surface area contributed by atoms with Gasteiger partial charge in [0.2, 0.25) is 5.91 Å². The van der Waals surface area contributed by atoms with Crippen molar-refractivity contribution in [3.8, 4) is 0 Å². The smallest absolute Gasteiger partial charge is 0.242 e. The predicted octanol–water partition coefficient (Wildman–Crippen LogP) is 2.42. The van der Waals surface area contributed by atoms with Gasteiger partial charge < -0.3 is 10.1 Å². The fraction of sp³-hybridized carbons (Fsp3) is 0.778. The van der Waals surface area contributed by atoms with Gasteiger partial charge in [-0.2, -0.15) is 17.7 Å². The second-order valence-corrected chi connectivity index (χ2v) is 10.4. The molecule has 2 aliphatic rings. The van der Waals surface area contributed by atoms with Crippen LogP contribution in [0.15, 0.2) is 17.3 Å². The number of nitrogens with zero attached hydrogens (tertiary/aromatic N) is 2. The Kier molecular flexibility index (Phi) is 8.62. The van der Waals surface area contributed by atoms with E-state index in [0.29, 0.717) is 12.8 Å². The number of thiol groups is 1. The standard InChI is InChI=1S/C12H19N3O3S2.C6H12O/c1-9(19)14-12(16)8-15-7-11(6-13-15)20(17,18)10-4-2-3-5-10;1-6-2-4-7-5-3-6/h6-7,9-10,19H,2-5,8H2,1H3,(H,14,16);6H,2-5H2,1H3. The van der Waals surface area contributed by atoms with Crippen molar-refractivity contribution in [3.05, 3.63) is 12.4 Å². The Morgan fingerprint density at radius 2 is 1.96 bits per heavy atom. The van der Waals surface area contributed by atoms with E-state index in [1.807, 2.05) is 0 Å². The van der Waals surface area contributed by atoms with Crippen molar-refractivity contribution in [2.45, 2.75) is 74.4 Å². The summed E-state index contributed by atoms with van der Waals surface area (Å²) >= 11 is 4.06. The molecule has 9 heteroatoms. The van der Waals surface area contributed by atoms with Crippen molar-refractivity contribution in [3.63, 3.8) is 0 Å². The number of carbonyl (C=O) groups is 1. The first-order valence-corrected chi connectivity index (χ1v) is 11.7. The van der Waals surface area contributed by atoms with E-state index < -0.39 is 9.84 Å². The van der Waals surface area contributed by atoms with E-state index in [2.05, 4.69) is 30.0 Å². The van der Waals surface area contributed by atoms with E-state index in [1.54, 1.807) is 6.92 Å². The summed E-state index contributed by atoms with van der Waals surface area (Å²) in [5, 5.41) is 6.01. The second-order valence-electron chi connectivity index (χ2n) is 7.36. The molecule has 0 aromatic carbocycles. The number of hydrogen-bond donors (Lipinski definition) is 2. The molecule has 154 valence electrons. The molecule has 1 atom stereocenters. The predicted molar refractivity (Wildman–Crippen MR) is 107 cm³/mol. The van der Waals surface area contributed by atoms with Crippen LogP contribution in [0.2, 0.25) is 0 Å². The highest BCUT2D eigenvalue weighted by atomic mass is 32.2. The topological polar surface area (TPSA) is 90.3 Å². The number of aromatic nitrogens is 2. The molecule has 1 aliphatic heterocycles. The number of rotatable bonds is 5. The van der Waals surface area contributed by atoms with Gasteiger partial charge in [0.05, 0.1) is 16.8 Å². The Morgan fingerprint density at radius 1 is 1.33 bits per heavy atom. The first-order valence-electron chi connectivity index (χ1n) is 9.60. The van der Waals surface area contributed by atoms with E-state index >= 15 is 0 Å². The fourth-order valence-corrected chi connectivity index (χ4v) is 5.16. The second kappa shape index (κ2) is 10.5. The number of amides is 1. The Hall–Kier alpha value is -1.06. The molecule has 2 fully saturated rings. The average Bonchev–Trinajstić information content (AvgIpc) is 3.27. The summed E-state index contributed by atoms with van der Waals surface area (Å²) in [6.45, 7) is 5.98. The molecule has 1 amide bonds. The van der Waals surface area contributed by atoms with Gasteiger partial charge in [-0.3, -0.25) is 9.48 Å². The zero-order valence-corrected chi connectivity index (χ0v) is 17.8. The molecule has 1 saturated carbocycles. The Bertz CT molecular complexity index is 691. The minimum Gasteiger partial charge on any atom is -0.381 e. The molecule has 3 rings (SSSR count). The van der Waals surface area contributed by atoms with Gasteiger partial charge >= 0.3 is 0 Å². The number of hydrogen-bond acceptors (Lipinski definition) is 6. The highest BCUT2D eigenvalue weighted by Crippen LogP contribution is 2.29. The van der Waals surface area contributed by atoms with Crippen LogP contribution < -0.4 is 5.32 Å². The van der Waals surface area contributed by atoms with Crippen LogP contribution >= 0.6 is 12.6 Å². The summed E-state index contributed by atoms with van der Waals surface area (Å²) in [6, 6.07) is 0. The van der Waals surface area contributed by atoms with E-state index in [4.69, 9.17) is 4.74 Å². The Morgan fingerprint density at radius 3 is 2.48 bits per heavy atom. The van der Waals surface area contributed by atoms with Crippen molar-refractivity contribution in [1.82, 2.24) is 15.1 Å². The number of nitrogens with one attached hydrogen (secondary N) is 1. The van der Waals surface area contributed by atoms with E-state index in [0.717, 1.165) is 32.0 Å². The lowest BCUT2D eigenvalue weighted by Crippen LogP contribution is -2.32. The quantitative estimate of drug-likeness (QED) is 0.567. The minimum atomic E-state index is -3.31. The van der Waals surface area contributed by atoms with Gasteiger partial charge in [-0.15, -0.1) is 0 Å². The molecule has 1 unspecified atom stereocenters. The molecule has 0 bridgehead atoms. The van der Waals surface area contributed by atoms with Gasteiger partial charge in [0.25, 0.3) is 0 Å². The largest absolute Gasteiger partial charge is 0.381 e. The number of carbonyl (C=O) groups excluding carboxylic acids is 1. The highest BCUT2D eigenvalue weighted by molar-refractivity contribution is 7.92. The zero-order chi connectivity index (χ0) is 19.9. The van der Waals surface area contributed by atoms with Gasteiger partial charge in [0.1, 0.15) is 11.4 Å². The van der Waals surface area contributed by atoms with Gasteiger partial charge in [-0.1, -0.05) is 19.8 Å². The highest BCUT2D eigenvalue weighted by Gasteiger charge is 2.31. The van der Waals surface area contributed by atoms with Crippen LogP contribution in [0.25, 0.3) is 0 Å². The molecule has 27 heavy (non-hydrogen) atoms. The monoisotopic (exact) mass is 417 g/mol. The van der Waals surface area contributed by atoms with Crippen molar-refractivity contribution in [1.29, 1.82) is 0 Å². The minimum absolute atomic E-state index is 0.00884. The van der Waals surface area contributed by atoms with E-state index in [-0.39, 0.29) is 28.0 Å². The Labute approximate surface area is 167 Å². The third kappa shape index (κ3) is 7.12. The molecular weight excluding hydrogens is 386 g/mol. The first kappa shape index (κ1) is 22.2. The van der Waals surface area contributed by atoms with Crippen molar-refractivity contribution < 1.29 is 17.9 Å². The van der Waals surface area contributed by atoms with Gasteiger partial charge in [-0.05, 0) is 38.5 Å². The summed E-state index contributed by atoms with van der Waals surface area (Å²) in [7, 11) is -3.31. The fourth-order valence-electron chi connectivity index (χ4n) is 3.21. The Balaban J connectivity index is 0.000000313. The maximum atomic E-state index is 12.3. The van der Waals surface area contributed by atoms with Gasteiger partial charge in [0.15, 0.2) is 9.84 Å². The number of ether oxygens (including phenoxy) is 1. The van der Waals surface area contributed by atoms with Crippen LogP contribution in [-0.4, -0.2) is 47.9 Å². The molecule has 1 saturated heterocycles. The molecule has 7 nitrogen and oxygen atoms in total. The van der Waals surface area contributed by atoms with Gasteiger partial charge in [-0.25, -0.2) is 8.42 Å². The van der Waals surface area contributed by atoms with Crippen LogP contribution in [0.5, 0.6) is 0 Å². The van der Waals surface area contributed by atoms with Crippen LogP contribution in [0.1, 0.15) is 52.4 Å². The molecule has 0 radical (unpaired) electrons. The number of sulfone groups is 1. The first-order chi connectivity index (χ1) is 12.8. The summed E-state index contributed by atoms with van der Waals surface area (Å²) in [6.07, 6.45) is 8.62. The normalized spacial score (nSPS) is 20.0. The summed E-state index contributed by atoms with van der Waals surface area (Å²) < 4.78 is 31.2. The molecule has 1 N–H and O–H groups in total. The zero-order valence-electron chi connectivity index (χ0n) is 16.1. The lowest BCUT2D eigenvalue weighted by molar-refractivity contribution is -0.121. The van der Waals surface area contributed by atoms with Crippen molar-refractivity contribution in [2.75, 3.05) is 13.2 Å². The third-order valence-electron chi connectivity index (χ3n) is 4.86. The van der Waals surface area contributed by atoms with E-state index in [9.17, 15) is 13.2 Å². The summed E-state index contributed by atoms with van der Waals surface area (Å²) in [5.74, 6) is 0.661. The van der Waals surface area contributed by atoms with Crippen LogP contribution in [0.3, 0.4) is 0 Å². The van der Waals surface area contributed by atoms with Crippen molar-refractivity contribution >= 4 is 28.4 Å². The maximum absolute atomic E-state index is 12.3. The van der Waals surface area contributed by atoms with Crippen LogP contribution in [-0.2, 0) is 25.9 Å². The average molecular weight is 418 g/mol. The summed E-state index contributed by atoms with van der Waals surface area (Å²) in [5.41, 5.74) is 0. The van der Waals surface area contributed by atoms with Gasteiger partial charge in [0, 0.05) is 19.4 Å². The molecule has 1 aromatic rings. The molecule has 2 heterocycles. The molecule has 1 aliphatic carbocycles. The SMILES string of the molecule is CC(S)NC(=O)Cn1cc(S(=O)(=O)C2CCCC2)cn1.CC1CCOCC1.